The van der Waals surface area contributed by atoms with Gasteiger partial charge in [0.25, 0.3) is 0 Å². The molecule has 1 aromatic rings. The van der Waals surface area contributed by atoms with E-state index in [1.165, 1.54) is 5.69 Å². The van der Waals surface area contributed by atoms with Crippen LogP contribution in [-0.2, 0) is 4.79 Å². The fourth-order valence-electron chi connectivity index (χ4n) is 3.24. The SMILES string of the molecule is CCN(CC)CCCC(C)NC(=NCC(=O)N(C)C)NCCCN(C)c1ccccc1. The van der Waals surface area contributed by atoms with E-state index in [2.05, 4.69) is 77.5 Å². The van der Waals surface area contributed by atoms with Gasteiger partial charge < -0.3 is 25.3 Å². The first-order valence-electron chi connectivity index (χ1n) is 11.6. The van der Waals surface area contributed by atoms with Gasteiger partial charge in [0, 0.05) is 46.0 Å². The molecule has 0 bridgehead atoms. The highest BCUT2D eigenvalue weighted by atomic mass is 16.2. The third-order valence-corrected chi connectivity index (χ3v) is 5.42. The van der Waals surface area contributed by atoms with Crippen molar-refractivity contribution in [2.24, 2.45) is 4.99 Å². The van der Waals surface area contributed by atoms with Gasteiger partial charge in [-0.25, -0.2) is 4.99 Å². The number of aliphatic imine (C=N–C) groups is 1. The molecule has 1 aromatic carbocycles. The predicted molar refractivity (Wildman–Crippen MR) is 133 cm³/mol. The van der Waals surface area contributed by atoms with Crippen LogP contribution in [0, 0.1) is 0 Å². The molecular weight excluding hydrogens is 388 g/mol. The highest BCUT2D eigenvalue weighted by Gasteiger charge is 2.09. The Morgan fingerprint density at radius 3 is 2.32 bits per heavy atom. The number of likely N-dealkylation sites (N-methyl/N-ethyl adjacent to an activating group) is 1. The average Bonchev–Trinajstić information content (AvgIpc) is 2.77. The summed E-state index contributed by atoms with van der Waals surface area (Å²) in [5, 5.41) is 6.88. The Morgan fingerprint density at radius 2 is 1.71 bits per heavy atom. The number of rotatable bonds is 14. The largest absolute Gasteiger partial charge is 0.375 e. The third-order valence-electron chi connectivity index (χ3n) is 5.42. The highest BCUT2D eigenvalue weighted by Crippen LogP contribution is 2.10. The molecule has 0 saturated carbocycles. The topological polar surface area (TPSA) is 63.2 Å². The Balaban J connectivity index is 2.51. The second kappa shape index (κ2) is 15.5. The van der Waals surface area contributed by atoms with Crippen molar-refractivity contribution in [3.63, 3.8) is 0 Å². The third kappa shape index (κ3) is 11.6. The molecule has 176 valence electrons. The molecule has 0 aliphatic rings. The Labute approximate surface area is 189 Å². The maximum absolute atomic E-state index is 12.0. The Morgan fingerprint density at radius 1 is 1.03 bits per heavy atom. The van der Waals surface area contributed by atoms with Gasteiger partial charge in [0.05, 0.1) is 0 Å². The quantitative estimate of drug-likeness (QED) is 0.269. The number of para-hydroxylation sites is 1. The van der Waals surface area contributed by atoms with Crippen molar-refractivity contribution >= 4 is 17.6 Å². The molecule has 1 atom stereocenters. The smallest absolute Gasteiger partial charge is 0.243 e. The van der Waals surface area contributed by atoms with E-state index in [0.717, 1.165) is 52.0 Å². The van der Waals surface area contributed by atoms with E-state index in [4.69, 9.17) is 0 Å². The summed E-state index contributed by atoms with van der Waals surface area (Å²) in [7, 11) is 5.62. The van der Waals surface area contributed by atoms with Crippen molar-refractivity contribution in [2.45, 2.75) is 46.1 Å². The van der Waals surface area contributed by atoms with Crippen molar-refractivity contribution < 1.29 is 4.79 Å². The van der Waals surface area contributed by atoms with Crippen molar-refractivity contribution in [1.29, 1.82) is 0 Å². The molecule has 0 saturated heterocycles. The van der Waals surface area contributed by atoms with Crippen LogP contribution in [0.1, 0.15) is 40.0 Å². The second-order valence-corrected chi connectivity index (χ2v) is 8.20. The Kier molecular flexibility index (Phi) is 13.4. The lowest BCUT2D eigenvalue weighted by Crippen LogP contribution is -2.44. The zero-order valence-corrected chi connectivity index (χ0v) is 20.5. The molecular formula is C24H44N6O. The number of benzene rings is 1. The first-order valence-corrected chi connectivity index (χ1v) is 11.6. The summed E-state index contributed by atoms with van der Waals surface area (Å²) in [4.78, 5) is 22.8. The van der Waals surface area contributed by atoms with Gasteiger partial charge in [0.15, 0.2) is 5.96 Å². The van der Waals surface area contributed by atoms with E-state index in [0.29, 0.717) is 12.0 Å². The van der Waals surface area contributed by atoms with Crippen LogP contribution >= 0.6 is 0 Å². The van der Waals surface area contributed by atoms with E-state index in [9.17, 15) is 4.79 Å². The van der Waals surface area contributed by atoms with E-state index in [-0.39, 0.29) is 12.5 Å². The molecule has 1 rings (SSSR count). The zero-order valence-electron chi connectivity index (χ0n) is 20.5. The molecule has 1 amide bonds. The van der Waals surface area contributed by atoms with Crippen LogP contribution in [0.5, 0.6) is 0 Å². The molecule has 0 fully saturated rings. The van der Waals surface area contributed by atoms with Gasteiger partial charge in [0.2, 0.25) is 5.91 Å². The van der Waals surface area contributed by atoms with Gasteiger partial charge >= 0.3 is 0 Å². The number of hydrogen-bond acceptors (Lipinski definition) is 4. The molecule has 0 spiro atoms. The molecule has 1 unspecified atom stereocenters. The monoisotopic (exact) mass is 432 g/mol. The van der Waals surface area contributed by atoms with Gasteiger partial charge in [-0.15, -0.1) is 0 Å². The summed E-state index contributed by atoms with van der Waals surface area (Å²) in [6.45, 7) is 11.8. The van der Waals surface area contributed by atoms with Crippen molar-refractivity contribution in [2.75, 3.05) is 65.3 Å². The van der Waals surface area contributed by atoms with Crippen LogP contribution in [0.25, 0.3) is 0 Å². The molecule has 7 nitrogen and oxygen atoms in total. The lowest BCUT2D eigenvalue weighted by atomic mass is 10.2. The van der Waals surface area contributed by atoms with E-state index < -0.39 is 0 Å². The molecule has 0 aliphatic heterocycles. The molecule has 31 heavy (non-hydrogen) atoms. The van der Waals surface area contributed by atoms with Crippen molar-refractivity contribution in [1.82, 2.24) is 20.4 Å². The normalized spacial score (nSPS) is 12.5. The summed E-state index contributed by atoms with van der Waals surface area (Å²) >= 11 is 0. The van der Waals surface area contributed by atoms with Gasteiger partial charge in [-0.2, -0.15) is 0 Å². The number of nitrogens with one attached hydrogen (secondary N) is 2. The van der Waals surface area contributed by atoms with Crippen LogP contribution in [0.2, 0.25) is 0 Å². The number of guanidine groups is 1. The fraction of sp³-hybridized carbons (Fsp3) is 0.667. The standard InChI is InChI=1S/C24H44N6O/c1-7-30(8-2)19-12-14-21(3)27-24(26-20-23(31)28(4)5)25-17-13-18-29(6)22-15-10-9-11-16-22/h9-11,15-16,21H,7-8,12-14,17-20H2,1-6H3,(H2,25,26,27). The van der Waals surface area contributed by atoms with E-state index in [1.807, 2.05) is 6.07 Å². The van der Waals surface area contributed by atoms with Gasteiger partial charge in [-0.05, 0) is 58.0 Å². The average molecular weight is 433 g/mol. The van der Waals surface area contributed by atoms with Crippen LogP contribution in [0.3, 0.4) is 0 Å². The minimum atomic E-state index is -0.000836. The van der Waals surface area contributed by atoms with Crippen LogP contribution in [0.15, 0.2) is 35.3 Å². The number of anilines is 1. The number of nitrogens with zero attached hydrogens (tertiary/aromatic N) is 4. The summed E-state index contributed by atoms with van der Waals surface area (Å²) in [6.07, 6.45) is 3.18. The Bertz CT molecular complexity index is 630. The Hall–Kier alpha value is -2.28. The molecule has 0 aromatic heterocycles. The predicted octanol–water partition coefficient (Wildman–Crippen LogP) is 2.65. The van der Waals surface area contributed by atoms with Gasteiger partial charge in [-0.1, -0.05) is 32.0 Å². The van der Waals surface area contributed by atoms with Gasteiger partial charge in [0.1, 0.15) is 6.54 Å². The highest BCUT2D eigenvalue weighted by molar-refractivity contribution is 5.84. The lowest BCUT2D eigenvalue weighted by Gasteiger charge is -2.22. The summed E-state index contributed by atoms with van der Waals surface area (Å²) in [5.74, 6) is 0.715. The minimum Gasteiger partial charge on any atom is -0.375 e. The number of amides is 1. The van der Waals surface area contributed by atoms with E-state index in [1.54, 1.807) is 19.0 Å². The number of carbonyl (C=O) groups is 1. The molecule has 0 aliphatic carbocycles. The maximum Gasteiger partial charge on any atom is 0.243 e. The molecule has 2 N–H and O–H groups in total. The van der Waals surface area contributed by atoms with Gasteiger partial charge in [-0.3, -0.25) is 4.79 Å². The van der Waals surface area contributed by atoms with E-state index >= 15 is 0 Å². The lowest BCUT2D eigenvalue weighted by molar-refractivity contribution is -0.127. The maximum atomic E-state index is 12.0. The fourth-order valence-corrected chi connectivity index (χ4v) is 3.24. The molecule has 7 heteroatoms. The summed E-state index contributed by atoms with van der Waals surface area (Å²) in [5.41, 5.74) is 1.22. The van der Waals surface area contributed by atoms with Crippen molar-refractivity contribution in [3.05, 3.63) is 30.3 Å². The second-order valence-electron chi connectivity index (χ2n) is 8.20. The van der Waals surface area contributed by atoms with Crippen molar-refractivity contribution in [3.8, 4) is 0 Å². The summed E-state index contributed by atoms with van der Waals surface area (Å²) < 4.78 is 0. The summed E-state index contributed by atoms with van der Waals surface area (Å²) in [6, 6.07) is 10.7. The van der Waals surface area contributed by atoms with Crippen LogP contribution < -0.4 is 15.5 Å². The first-order chi connectivity index (χ1) is 14.9. The van der Waals surface area contributed by atoms with Crippen LogP contribution in [0.4, 0.5) is 5.69 Å². The first kappa shape index (κ1) is 26.8. The number of carbonyl (C=O) groups excluding carboxylic acids is 1. The minimum absolute atomic E-state index is 0.000836. The number of hydrogen-bond donors (Lipinski definition) is 2. The van der Waals surface area contributed by atoms with Crippen LogP contribution in [-0.4, -0.2) is 88.1 Å². The zero-order chi connectivity index (χ0) is 23.1. The molecule has 0 heterocycles. The molecule has 0 radical (unpaired) electrons.